The van der Waals surface area contributed by atoms with Gasteiger partial charge < -0.3 is 30.3 Å². The number of likely N-dealkylation sites (N-methyl/N-ethyl adjacent to an activating group) is 1. The molecular formula is C66H121N5O4. The van der Waals surface area contributed by atoms with Crippen molar-refractivity contribution >= 4 is 17.8 Å². The van der Waals surface area contributed by atoms with Crippen molar-refractivity contribution in [2.24, 2.45) is 28.5 Å². The highest BCUT2D eigenvalue weighted by Crippen LogP contribution is 2.59. The molecule has 75 heavy (non-hydrogen) atoms. The second kappa shape index (κ2) is 42.3. The summed E-state index contributed by atoms with van der Waals surface area (Å²) in [7, 11) is 2.22. The van der Waals surface area contributed by atoms with Crippen LogP contribution in [-0.4, -0.2) is 92.1 Å². The fourth-order valence-corrected chi connectivity index (χ4v) is 12.1. The van der Waals surface area contributed by atoms with Crippen LogP contribution in [0, 0.1) is 17.8 Å². The van der Waals surface area contributed by atoms with E-state index >= 15 is 0 Å². The van der Waals surface area contributed by atoms with Crippen LogP contribution in [0.2, 0.25) is 0 Å². The molecular weight excluding hydrogens is 927 g/mol. The van der Waals surface area contributed by atoms with E-state index in [9.17, 15) is 9.59 Å². The van der Waals surface area contributed by atoms with Gasteiger partial charge >= 0.3 is 11.9 Å². The number of allylic oxidation sites excluding steroid dienone is 2. The molecule has 0 aromatic carbocycles. The van der Waals surface area contributed by atoms with Gasteiger partial charge in [-0.15, -0.1) is 0 Å². The van der Waals surface area contributed by atoms with Gasteiger partial charge in [0, 0.05) is 38.0 Å². The minimum atomic E-state index is -0.315. The summed E-state index contributed by atoms with van der Waals surface area (Å²) in [5.41, 5.74) is 11.0. The van der Waals surface area contributed by atoms with Crippen LogP contribution in [0.3, 0.4) is 0 Å². The van der Waals surface area contributed by atoms with E-state index in [0.717, 1.165) is 134 Å². The topological polar surface area (TPSA) is 109 Å². The van der Waals surface area contributed by atoms with Crippen LogP contribution in [-0.2, 0) is 19.1 Å². The van der Waals surface area contributed by atoms with Crippen molar-refractivity contribution < 1.29 is 19.1 Å². The summed E-state index contributed by atoms with van der Waals surface area (Å²) in [5.74, 6) is 2.18. The van der Waals surface area contributed by atoms with Gasteiger partial charge in [0.05, 0.1) is 30.5 Å². The third-order valence-corrected chi connectivity index (χ3v) is 17.1. The molecule has 2 bridgehead atoms. The molecule has 3 N–H and O–H groups in total. The van der Waals surface area contributed by atoms with Gasteiger partial charge in [-0.2, -0.15) is 0 Å². The van der Waals surface area contributed by atoms with E-state index in [2.05, 4.69) is 81.9 Å². The number of carbonyl (C=O) groups is 2. The van der Waals surface area contributed by atoms with Crippen molar-refractivity contribution in [1.29, 1.82) is 0 Å². The highest BCUT2D eigenvalue weighted by Gasteiger charge is 2.56. The number of unbranched alkanes of at least 4 members (excludes halogenated alkanes) is 22. The van der Waals surface area contributed by atoms with Crippen LogP contribution in [0.15, 0.2) is 40.1 Å². The average Bonchev–Trinajstić information content (AvgIpc) is 3.87. The Labute approximate surface area is 463 Å². The standard InChI is InChI=1S/C66H121N5O4/c1-8-12-15-18-21-30-42-57(41-28-16-13-9-2)63(67)69-48-34-23-24-35-49-71(50-36-25-26-38-52-74-64(72)58(43-29-17-14-10-3)44-31-22-19-20-27-40-56(5)6)51-37-39-53-75-65(73)61(68-47-11-4)54-59-60-45-32-33-46-66(60)55-62(59)70(66)7/h32-33,45,56-58,61,68H,8-31,34-44,46-55H2,1-7H3,(H2,67,69)/t57-,58?,61+,66?/m0/s1. The van der Waals surface area contributed by atoms with Gasteiger partial charge in [0.15, 0.2) is 0 Å². The number of hydrogen-bond acceptors (Lipinski definition) is 8. The van der Waals surface area contributed by atoms with Crippen LogP contribution >= 0.6 is 0 Å². The molecule has 2 heterocycles. The lowest BCUT2D eigenvalue weighted by molar-refractivity contribution is -0.149. The molecule has 2 aliphatic heterocycles. The summed E-state index contributed by atoms with van der Waals surface area (Å²) in [6.45, 7) is 19.5. The monoisotopic (exact) mass is 1050 g/mol. The molecule has 434 valence electrons. The number of hydrogen-bond donors (Lipinski definition) is 2. The molecule has 0 aromatic rings. The lowest BCUT2D eigenvalue weighted by Gasteiger charge is -2.49. The molecule has 4 aliphatic rings. The minimum absolute atomic E-state index is 0.0558. The van der Waals surface area contributed by atoms with Crippen molar-refractivity contribution in [3.05, 3.63) is 35.1 Å². The van der Waals surface area contributed by atoms with Gasteiger partial charge in [-0.25, -0.2) is 0 Å². The summed E-state index contributed by atoms with van der Waals surface area (Å²) in [6, 6.07) is -0.315. The lowest BCUT2D eigenvalue weighted by atomic mass is 9.78. The second-order valence-corrected chi connectivity index (χ2v) is 24.0. The van der Waals surface area contributed by atoms with E-state index in [0.29, 0.717) is 25.6 Å². The largest absolute Gasteiger partial charge is 0.465 e. The molecule has 1 saturated heterocycles. The molecule has 1 spiro atoms. The first kappa shape index (κ1) is 66.6. The quantitative estimate of drug-likeness (QED) is 0.0268. The van der Waals surface area contributed by atoms with Gasteiger partial charge in [0.2, 0.25) is 0 Å². The number of nitrogens with zero attached hydrogens (tertiary/aromatic N) is 3. The van der Waals surface area contributed by atoms with Crippen LogP contribution in [0.5, 0.6) is 0 Å². The predicted octanol–water partition coefficient (Wildman–Crippen LogP) is 16.9. The molecule has 4 rings (SSSR count). The van der Waals surface area contributed by atoms with Crippen LogP contribution < -0.4 is 11.1 Å². The van der Waals surface area contributed by atoms with Gasteiger partial charge in [0.25, 0.3) is 0 Å². The van der Waals surface area contributed by atoms with E-state index < -0.39 is 0 Å². The highest BCUT2D eigenvalue weighted by atomic mass is 16.5. The highest BCUT2D eigenvalue weighted by molar-refractivity contribution is 5.82. The summed E-state index contributed by atoms with van der Waals surface area (Å²) in [5, 5.41) is 3.54. The van der Waals surface area contributed by atoms with E-state index in [1.807, 2.05) is 0 Å². The number of carbonyl (C=O) groups excluding carboxylic acids is 2. The summed E-state index contributed by atoms with van der Waals surface area (Å²) >= 11 is 0. The van der Waals surface area contributed by atoms with Crippen molar-refractivity contribution in [3.8, 4) is 0 Å². The first-order chi connectivity index (χ1) is 36.6. The Bertz CT molecular complexity index is 1610. The van der Waals surface area contributed by atoms with Crippen molar-refractivity contribution in [1.82, 2.24) is 15.1 Å². The zero-order valence-electron chi connectivity index (χ0n) is 50.4. The first-order valence-electron chi connectivity index (χ1n) is 32.5. The van der Waals surface area contributed by atoms with E-state index in [1.54, 1.807) is 0 Å². The van der Waals surface area contributed by atoms with Crippen molar-refractivity contribution in [2.45, 2.75) is 297 Å². The molecule has 9 heteroatoms. The molecule has 0 amide bonds. The van der Waals surface area contributed by atoms with Crippen molar-refractivity contribution in [2.75, 3.05) is 53.0 Å². The molecule has 2 unspecified atom stereocenters. The zero-order valence-corrected chi connectivity index (χ0v) is 50.4. The number of amidine groups is 1. The molecule has 0 saturated carbocycles. The lowest BCUT2D eigenvalue weighted by Crippen LogP contribution is -2.52. The predicted molar refractivity (Wildman–Crippen MR) is 321 cm³/mol. The molecule has 0 aromatic heterocycles. The third-order valence-electron chi connectivity index (χ3n) is 17.1. The Balaban J connectivity index is 1.46. The SMILES string of the molecule is CCCCCCCC[C@H](CCCCCC)C(N)=NCCCCCCN(CCCCCCOC(=O)C(CCCCCC)CCCCCCCC(C)C)CCCCOC(=O)[C@@H](CC1=C2CC3(CC=CC=C13)N2C)NCCC. The number of nitrogens with two attached hydrogens (primary N) is 1. The summed E-state index contributed by atoms with van der Waals surface area (Å²) < 4.78 is 12.0. The fraction of sp³-hybridized carbons (Fsp3) is 0.864. The maximum absolute atomic E-state index is 13.6. The Hall–Kier alpha value is -2.65. The van der Waals surface area contributed by atoms with E-state index in [1.165, 1.54) is 165 Å². The number of esters is 2. The smallest absolute Gasteiger partial charge is 0.323 e. The minimum Gasteiger partial charge on any atom is -0.465 e. The Kier molecular flexibility index (Phi) is 37.6. The van der Waals surface area contributed by atoms with Crippen molar-refractivity contribution in [3.63, 3.8) is 0 Å². The number of aliphatic imine (C=N–C) groups is 1. The number of ether oxygens (including phenoxy) is 2. The zero-order chi connectivity index (χ0) is 54.2. The maximum Gasteiger partial charge on any atom is 0.323 e. The number of rotatable bonds is 52. The first-order valence-corrected chi connectivity index (χ1v) is 32.5. The molecule has 1 fully saturated rings. The maximum atomic E-state index is 13.6. The Morgan fingerprint density at radius 3 is 1.68 bits per heavy atom. The Morgan fingerprint density at radius 2 is 1.11 bits per heavy atom. The fourth-order valence-electron chi connectivity index (χ4n) is 12.1. The van der Waals surface area contributed by atoms with Gasteiger partial charge in [-0.3, -0.25) is 14.6 Å². The van der Waals surface area contributed by atoms with E-state index in [-0.39, 0.29) is 29.4 Å². The molecule has 9 nitrogen and oxygen atoms in total. The average molecular weight is 1050 g/mol. The van der Waals surface area contributed by atoms with Gasteiger partial charge in [0.1, 0.15) is 6.04 Å². The Morgan fingerprint density at radius 1 is 0.627 bits per heavy atom. The third kappa shape index (κ3) is 27.2. The summed E-state index contributed by atoms with van der Waals surface area (Å²) in [6.07, 6.45) is 51.5. The van der Waals surface area contributed by atoms with Crippen LogP contribution in [0.4, 0.5) is 0 Å². The van der Waals surface area contributed by atoms with Gasteiger partial charge in [-0.05, 0) is 120 Å². The second-order valence-electron chi connectivity index (χ2n) is 24.0. The van der Waals surface area contributed by atoms with Crippen LogP contribution in [0.1, 0.15) is 286 Å². The molecule has 0 radical (unpaired) electrons. The molecule has 4 atom stereocenters. The molecule has 2 aliphatic carbocycles. The normalized spacial score (nSPS) is 17.4. The van der Waals surface area contributed by atoms with Gasteiger partial charge in [-0.1, -0.05) is 214 Å². The number of nitrogens with one attached hydrogen (secondary N) is 1. The van der Waals surface area contributed by atoms with Crippen LogP contribution in [0.25, 0.3) is 0 Å². The summed E-state index contributed by atoms with van der Waals surface area (Å²) in [4.78, 5) is 37.0. The van der Waals surface area contributed by atoms with E-state index in [4.69, 9.17) is 20.2 Å².